The lowest BCUT2D eigenvalue weighted by atomic mass is 9.86. The molecule has 0 radical (unpaired) electrons. The van der Waals surface area contributed by atoms with Crippen molar-refractivity contribution in [2.45, 2.75) is 143 Å². The monoisotopic (exact) mass is 652 g/mol. The molecule has 1 aromatic heterocycles. The van der Waals surface area contributed by atoms with Crippen LogP contribution in [0.2, 0.25) is 0 Å². The minimum absolute atomic E-state index is 0.0620. The molecule has 0 N–H and O–H groups in total. The number of thiophene rings is 1. The van der Waals surface area contributed by atoms with Crippen LogP contribution < -0.4 is 5.30 Å². The molecular formula is C40H61O3PS. The van der Waals surface area contributed by atoms with Crippen LogP contribution in [0.3, 0.4) is 0 Å². The number of rotatable bonds is 19. The molecule has 0 spiro atoms. The summed E-state index contributed by atoms with van der Waals surface area (Å²) in [5.74, 6) is 0. The first-order valence-electron chi connectivity index (χ1n) is 17.6. The molecule has 0 aliphatic carbocycles. The third-order valence-electron chi connectivity index (χ3n) is 8.57. The fraction of sp³-hybridized carbons (Fsp3) is 0.600. The third kappa shape index (κ3) is 11.8. The van der Waals surface area contributed by atoms with Gasteiger partial charge in [-0.25, -0.2) is 0 Å². The maximum atomic E-state index is 14.9. The second kappa shape index (κ2) is 18.0. The Labute approximate surface area is 280 Å². The highest BCUT2D eigenvalue weighted by Crippen LogP contribution is 2.53. The van der Waals surface area contributed by atoms with Crippen molar-refractivity contribution in [3.8, 4) is 20.9 Å². The molecule has 0 bridgehead atoms. The minimum Gasteiger partial charge on any atom is -0.305 e. The molecule has 0 fully saturated rings. The molecular weight excluding hydrogens is 591 g/mol. The Morgan fingerprint density at radius 2 is 0.978 bits per heavy atom. The van der Waals surface area contributed by atoms with Crippen LogP contribution >= 0.6 is 18.9 Å². The van der Waals surface area contributed by atoms with E-state index in [-0.39, 0.29) is 10.8 Å². The molecule has 0 unspecified atom stereocenters. The summed E-state index contributed by atoms with van der Waals surface area (Å²) in [6.07, 6.45) is 13.9. The Kier molecular flexibility index (Phi) is 15.1. The maximum Gasteiger partial charge on any atom is 0.362 e. The van der Waals surface area contributed by atoms with Crippen molar-refractivity contribution in [3.05, 3.63) is 65.7 Å². The second-order valence-corrected chi connectivity index (χ2v) is 17.7. The molecule has 3 aromatic rings. The zero-order chi connectivity index (χ0) is 32.9. The van der Waals surface area contributed by atoms with Crippen molar-refractivity contribution in [3.63, 3.8) is 0 Å². The molecule has 1 heterocycles. The summed E-state index contributed by atoms with van der Waals surface area (Å²) in [5.41, 5.74) is 4.92. The highest BCUT2D eigenvalue weighted by atomic mass is 32.1. The van der Waals surface area contributed by atoms with E-state index >= 15 is 0 Å². The van der Waals surface area contributed by atoms with Gasteiger partial charge >= 0.3 is 7.60 Å². The SMILES string of the molecule is CCCCCCCCOP(=O)(OCCCCCCCC)c1cc(-c2ccc(C(C)(C)C)cc2)sc1-c1ccc(C(C)(C)C)cc1. The van der Waals surface area contributed by atoms with Gasteiger partial charge in [0.1, 0.15) is 0 Å². The molecule has 5 heteroatoms. The van der Waals surface area contributed by atoms with Crippen molar-refractivity contribution in [1.29, 1.82) is 0 Å². The topological polar surface area (TPSA) is 35.5 Å². The maximum absolute atomic E-state index is 14.9. The van der Waals surface area contributed by atoms with Crippen molar-refractivity contribution in [2.75, 3.05) is 13.2 Å². The molecule has 3 nitrogen and oxygen atoms in total. The van der Waals surface area contributed by atoms with Gasteiger partial charge in [0, 0.05) is 4.88 Å². The van der Waals surface area contributed by atoms with E-state index in [1.165, 1.54) is 62.5 Å². The predicted molar refractivity (Wildman–Crippen MR) is 198 cm³/mol. The predicted octanol–water partition coefficient (Wildman–Crippen LogP) is 13.2. The van der Waals surface area contributed by atoms with E-state index in [2.05, 4.69) is 110 Å². The molecule has 0 aliphatic rings. The molecule has 250 valence electrons. The summed E-state index contributed by atoms with van der Waals surface area (Å²) in [7, 11) is -3.57. The van der Waals surface area contributed by atoms with E-state index < -0.39 is 7.60 Å². The van der Waals surface area contributed by atoms with E-state index in [1.54, 1.807) is 11.3 Å². The lowest BCUT2D eigenvalue weighted by molar-refractivity contribution is 0.206. The lowest BCUT2D eigenvalue weighted by Crippen LogP contribution is -2.13. The summed E-state index contributed by atoms with van der Waals surface area (Å²) >= 11 is 1.69. The van der Waals surface area contributed by atoms with Crippen molar-refractivity contribution >= 4 is 24.2 Å². The quantitative estimate of drug-likeness (QED) is 0.0955. The van der Waals surface area contributed by atoms with E-state index in [0.29, 0.717) is 18.5 Å². The molecule has 0 saturated carbocycles. The van der Waals surface area contributed by atoms with Crippen LogP contribution in [0.15, 0.2) is 54.6 Å². The van der Waals surface area contributed by atoms with Crippen LogP contribution in [-0.4, -0.2) is 13.2 Å². The Hall–Kier alpha value is -1.71. The Balaban J connectivity index is 1.97. The van der Waals surface area contributed by atoms with E-state index in [9.17, 15) is 4.57 Å². The van der Waals surface area contributed by atoms with Gasteiger partial charge in [0.25, 0.3) is 0 Å². The molecule has 0 saturated heterocycles. The molecule has 0 aliphatic heterocycles. The normalized spacial score (nSPS) is 12.6. The molecule has 45 heavy (non-hydrogen) atoms. The van der Waals surface area contributed by atoms with Gasteiger partial charge in [-0.2, -0.15) is 0 Å². The molecule has 3 rings (SSSR count). The van der Waals surface area contributed by atoms with Gasteiger partial charge in [0.2, 0.25) is 0 Å². The van der Waals surface area contributed by atoms with Crippen molar-refractivity contribution in [1.82, 2.24) is 0 Å². The van der Waals surface area contributed by atoms with Crippen molar-refractivity contribution < 1.29 is 13.6 Å². The summed E-state index contributed by atoms with van der Waals surface area (Å²) in [5, 5.41) is 0.711. The minimum atomic E-state index is -3.57. The Morgan fingerprint density at radius 3 is 1.40 bits per heavy atom. The van der Waals surface area contributed by atoms with E-state index in [0.717, 1.165) is 46.6 Å². The van der Waals surface area contributed by atoms with Crippen LogP contribution in [0.1, 0.15) is 144 Å². The number of hydrogen-bond donors (Lipinski definition) is 0. The Bertz CT molecular complexity index is 1290. The zero-order valence-electron chi connectivity index (χ0n) is 29.7. The first-order valence-corrected chi connectivity index (χ1v) is 20.0. The van der Waals surface area contributed by atoms with Gasteiger partial charge in [-0.3, -0.25) is 4.57 Å². The largest absolute Gasteiger partial charge is 0.362 e. The van der Waals surface area contributed by atoms with Gasteiger partial charge in [-0.05, 0) is 52.0 Å². The third-order valence-corrected chi connectivity index (χ3v) is 11.9. The molecule has 2 aromatic carbocycles. The summed E-state index contributed by atoms with van der Waals surface area (Å²) in [6.45, 7) is 18.8. The van der Waals surface area contributed by atoms with Crippen molar-refractivity contribution in [2.24, 2.45) is 0 Å². The average Bonchev–Trinajstić information content (AvgIpc) is 3.46. The number of unbranched alkanes of at least 4 members (excludes halogenated alkanes) is 10. The van der Waals surface area contributed by atoms with E-state index in [4.69, 9.17) is 9.05 Å². The number of benzene rings is 2. The second-order valence-electron chi connectivity index (χ2n) is 14.7. The summed E-state index contributed by atoms with van der Waals surface area (Å²) < 4.78 is 27.6. The Morgan fingerprint density at radius 1 is 0.578 bits per heavy atom. The van der Waals surface area contributed by atoms with Gasteiger partial charge in [0.05, 0.1) is 23.4 Å². The number of hydrogen-bond acceptors (Lipinski definition) is 4. The van der Waals surface area contributed by atoms with Gasteiger partial charge in [-0.1, -0.05) is 168 Å². The standard InChI is InChI=1S/C40H61O3PS/c1-9-11-13-15-17-19-29-42-44(41,43-30-20-18-16-14-12-10-2)36-31-37(32-21-25-34(26-22-32)39(3,4)5)45-38(36)33-23-27-35(28-24-33)40(6,7)8/h21-28,31H,9-20,29-30H2,1-8H3. The van der Waals surface area contributed by atoms with Gasteiger partial charge in [0.15, 0.2) is 0 Å². The fourth-order valence-corrected chi connectivity index (χ4v) is 8.89. The smallest absolute Gasteiger partial charge is 0.305 e. The van der Waals surface area contributed by atoms with Crippen LogP contribution in [0.5, 0.6) is 0 Å². The lowest BCUT2D eigenvalue weighted by Gasteiger charge is -2.21. The molecule has 0 atom stereocenters. The summed E-state index contributed by atoms with van der Waals surface area (Å²) in [6, 6.07) is 19.7. The summed E-state index contributed by atoms with van der Waals surface area (Å²) in [4.78, 5) is 2.08. The zero-order valence-corrected chi connectivity index (χ0v) is 31.4. The average molecular weight is 653 g/mol. The highest BCUT2D eigenvalue weighted by Gasteiger charge is 2.33. The molecule has 0 amide bonds. The van der Waals surface area contributed by atoms with Crippen LogP contribution in [0.4, 0.5) is 0 Å². The fourth-order valence-electron chi connectivity index (χ4n) is 5.50. The van der Waals surface area contributed by atoms with Gasteiger partial charge in [-0.15, -0.1) is 11.3 Å². The van der Waals surface area contributed by atoms with Crippen LogP contribution in [0, 0.1) is 0 Å². The first kappa shape index (κ1) is 37.7. The van der Waals surface area contributed by atoms with Crippen LogP contribution in [0.25, 0.3) is 20.9 Å². The van der Waals surface area contributed by atoms with E-state index in [1.807, 2.05) is 0 Å². The first-order chi connectivity index (χ1) is 21.4. The van der Waals surface area contributed by atoms with Gasteiger partial charge < -0.3 is 9.05 Å². The highest BCUT2D eigenvalue weighted by molar-refractivity contribution is 7.63. The van der Waals surface area contributed by atoms with Crippen LogP contribution in [-0.2, 0) is 24.4 Å².